The van der Waals surface area contributed by atoms with E-state index in [0.717, 1.165) is 49.1 Å². The number of benzene rings is 1. The maximum Gasteiger partial charge on any atom is 0.229 e. The first-order chi connectivity index (χ1) is 13.7. The van der Waals surface area contributed by atoms with Gasteiger partial charge in [-0.25, -0.2) is 4.98 Å². The third kappa shape index (κ3) is 5.61. The zero-order valence-electron chi connectivity index (χ0n) is 16.2. The summed E-state index contributed by atoms with van der Waals surface area (Å²) >= 11 is 1.58. The van der Waals surface area contributed by atoms with Crippen LogP contribution in [0.1, 0.15) is 11.3 Å². The SMILES string of the molecule is C=CCN(CC=C)C(=O)Cc1csc(-c2ccc(CN3CCOCC3)cc2)n1. The molecular formula is C22H27N3O2S. The lowest BCUT2D eigenvalue weighted by atomic mass is 10.1. The number of amides is 1. The van der Waals surface area contributed by atoms with Gasteiger partial charge in [0.2, 0.25) is 5.91 Å². The van der Waals surface area contributed by atoms with Crippen molar-refractivity contribution in [2.24, 2.45) is 0 Å². The molecule has 5 nitrogen and oxygen atoms in total. The van der Waals surface area contributed by atoms with Crippen molar-refractivity contribution >= 4 is 17.2 Å². The highest BCUT2D eigenvalue weighted by Gasteiger charge is 2.15. The van der Waals surface area contributed by atoms with Crippen molar-refractivity contribution in [2.75, 3.05) is 39.4 Å². The number of ether oxygens (including phenoxy) is 1. The van der Waals surface area contributed by atoms with Crippen molar-refractivity contribution in [1.82, 2.24) is 14.8 Å². The lowest BCUT2D eigenvalue weighted by molar-refractivity contribution is -0.129. The van der Waals surface area contributed by atoms with Crippen LogP contribution < -0.4 is 0 Å². The minimum atomic E-state index is 0.0394. The van der Waals surface area contributed by atoms with Gasteiger partial charge in [-0.2, -0.15) is 0 Å². The highest BCUT2D eigenvalue weighted by atomic mass is 32.1. The van der Waals surface area contributed by atoms with Crippen molar-refractivity contribution < 1.29 is 9.53 Å². The highest BCUT2D eigenvalue weighted by molar-refractivity contribution is 7.13. The second kappa shape index (κ2) is 10.3. The van der Waals surface area contributed by atoms with Crippen LogP contribution in [0.2, 0.25) is 0 Å². The van der Waals surface area contributed by atoms with Crippen LogP contribution in [-0.2, 0) is 22.5 Å². The Hall–Kier alpha value is -2.28. The first-order valence-electron chi connectivity index (χ1n) is 9.53. The van der Waals surface area contributed by atoms with Gasteiger partial charge in [0.1, 0.15) is 5.01 Å². The fourth-order valence-electron chi connectivity index (χ4n) is 3.15. The zero-order valence-corrected chi connectivity index (χ0v) is 17.0. The molecule has 2 aromatic rings. The van der Waals surface area contributed by atoms with Crippen LogP contribution in [0.5, 0.6) is 0 Å². The molecule has 1 fully saturated rings. The number of nitrogens with zero attached hydrogens (tertiary/aromatic N) is 3. The molecule has 1 aromatic heterocycles. The fourth-order valence-corrected chi connectivity index (χ4v) is 3.97. The van der Waals surface area contributed by atoms with E-state index in [1.54, 1.807) is 28.4 Å². The van der Waals surface area contributed by atoms with Gasteiger partial charge in [0.15, 0.2) is 0 Å². The van der Waals surface area contributed by atoms with E-state index in [4.69, 9.17) is 4.74 Å². The minimum Gasteiger partial charge on any atom is -0.379 e. The molecule has 28 heavy (non-hydrogen) atoms. The van der Waals surface area contributed by atoms with Gasteiger partial charge in [-0.05, 0) is 5.56 Å². The summed E-state index contributed by atoms with van der Waals surface area (Å²) in [6, 6.07) is 8.55. The summed E-state index contributed by atoms with van der Waals surface area (Å²) in [4.78, 5) is 21.2. The predicted octanol–water partition coefficient (Wildman–Crippen LogP) is 3.39. The van der Waals surface area contributed by atoms with Crippen LogP contribution in [-0.4, -0.2) is 60.1 Å². The Morgan fingerprint density at radius 1 is 1.18 bits per heavy atom. The summed E-state index contributed by atoms with van der Waals surface area (Å²) in [6.07, 6.45) is 3.76. The minimum absolute atomic E-state index is 0.0394. The molecule has 0 atom stereocenters. The van der Waals surface area contributed by atoms with Crippen molar-refractivity contribution in [3.05, 3.63) is 66.2 Å². The molecule has 0 radical (unpaired) electrons. The summed E-state index contributed by atoms with van der Waals surface area (Å²) in [7, 11) is 0. The fraction of sp³-hybridized carbons (Fsp3) is 0.364. The molecule has 1 amide bonds. The first-order valence-corrected chi connectivity index (χ1v) is 10.4. The standard InChI is InChI=1S/C22H27N3O2S/c1-3-9-25(10-4-2)21(26)15-20-17-28-22(23-20)19-7-5-18(6-8-19)16-24-11-13-27-14-12-24/h3-8,17H,1-2,9-16H2. The van der Waals surface area contributed by atoms with E-state index in [1.807, 2.05) is 5.38 Å². The van der Waals surface area contributed by atoms with Gasteiger partial charge in [0.25, 0.3) is 0 Å². The van der Waals surface area contributed by atoms with Crippen LogP contribution in [0.25, 0.3) is 10.6 Å². The lowest BCUT2D eigenvalue weighted by Crippen LogP contribution is -2.35. The average Bonchev–Trinajstić information content (AvgIpc) is 3.17. The molecule has 0 aliphatic carbocycles. The molecule has 6 heteroatoms. The van der Waals surface area contributed by atoms with Crippen LogP contribution in [0, 0.1) is 0 Å². The van der Waals surface area contributed by atoms with Crippen LogP contribution in [0.15, 0.2) is 55.0 Å². The molecule has 0 N–H and O–H groups in total. The van der Waals surface area contributed by atoms with Crippen LogP contribution in [0.3, 0.4) is 0 Å². The van der Waals surface area contributed by atoms with E-state index in [-0.39, 0.29) is 5.91 Å². The van der Waals surface area contributed by atoms with Crippen molar-refractivity contribution in [1.29, 1.82) is 0 Å². The maximum atomic E-state index is 12.5. The Morgan fingerprint density at radius 3 is 2.50 bits per heavy atom. The summed E-state index contributed by atoms with van der Waals surface area (Å²) in [5, 5.41) is 2.91. The predicted molar refractivity (Wildman–Crippen MR) is 114 cm³/mol. The number of carbonyl (C=O) groups excluding carboxylic acids is 1. The van der Waals surface area contributed by atoms with Gasteiger partial charge in [-0.15, -0.1) is 24.5 Å². The molecule has 1 saturated heterocycles. The maximum absolute atomic E-state index is 12.5. The molecule has 1 aliphatic heterocycles. The zero-order chi connectivity index (χ0) is 19.8. The van der Waals surface area contributed by atoms with Crippen molar-refractivity contribution in [3.63, 3.8) is 0 Å². The number of aromatic nitrogens is 1. The van der Waals surface area contributed by atoms with E-state index in [0.29, 0.717) is 19.5 Å². The van der Waals surface area contributed by atoms with E-state index in [1.165, 1.54) is 5.56 Å². The summed E-state index contributed by atoms with van der Waals surface area (Å²) in [5.74, 6) is 0.0394. The molecule has 1 aliphatic rings. The van der Waals surface area contributed by atoms with E-state index in [9.17, 15) is 4.79 Å². The quantitative estimate of drug-likeness (QED) is 0.609. The Kier molecular flexibility index (Phi) is 7.54. The molecule has 0 bridgehead atoms. The normalized spacial score (nSPS) is 14.6. The number of thiazole rings is 1. The number of rotatable bonds is 9. The number of morpholine rings is 1. The van der Waals surface area contributed by atoms with Gasteiger partial charge < -0.3 is 9.64 Å². The Bertz CT molecular complexity index is 784. The Balaban J connectivity index is 1.60. The molecule has 1 aromatic carbocycles. The number of hydrogen-bond donors (Lipinski definition) is 0. The topological polar surface area (TPSA) is 45.7 Å². The van der Waals surface area contributed by atoms with E-state index in [2.05, 4.69) is 47.3 Å². The van der Waals surface area contributed by atoms with Crippen LogP contribution in [0.4, 0.5) is 0 Å². The monoisotopic (exact) mass is 397 g/mol. The van der Waals surface area contributed by atoms with Gasteiger partial charge >= 0.3 is 0 Å². The summed E-state index contributed by atoms with van der Waals surface area (Å²) in [6.45, 7) is 13.0. The highest BCUT2D eigenvalue weighted by Crippen LogP contribution is 2.25. The molecule has 0 unspecified atom stereocenters. The second-order valence-corrected chi connectivity index (χ2v) is 7.64. The summed E-state index contributed by atoms with van der Waals surface area (Å²) in [5.41, 5.74) is 3.19. The third-order valence-corrected chi connectivity index (χ3v) is 5.59. The average molecular weight is 398 g/mol. The first kappa shape index (κ1) is 20.5. The molecule has 3 rings (SSSR count). The lowest BCUT2D eigenvalue weighted by Gasteiger charge is -2.26. The van der Waals surface area contributed by atoms with Crippen molar-refractivity contribution in [3.8, 4) is 10.6 Å². The third-order valence-electron chi connectivity index (χ3n) is 4.65. The van der Waals surface area contributed by atoms with Crippen molar-refractivity contribution in [2.45, 2.75) is 13.0 Å². The van der Waals surface area contributed by atoms with Crippen LogP contribution >= 0.6 is 11.3 Å². The molecule has 0 saturated carbocycles. The summed E-state index contributed by atoms with van der Waals surface area (Å²) < 4.78 is 5.40. The molecule has 2 heterocycles. The van der Waals surface area contributed by atoms with E-state index < -0.39 is 0 Å². The molecule has 148 valence electrons. The molecule has 0 spiro atoms. The smallest absolute Gasteiger partial charge is 0.229 e. The largest absolute Gasteiger partial charge is 0.379 e. The second-order valence-electron chi connectivity index (χ2n) is 6.78. The van der Waals surface area contributed by atoms with Gasteiger partial charge in [-0.1, -0.05) is 36.4 Å². The van der Waals surface area contributed by atoms with Gasteiger partial charge in [-0.3, -0.25) is 9.69 Å². The Morgan fingerprint density at radius 2 is 1.86 bits per heavy atom. The number of hydrogen-bond acceptors (Lipinski definition) is 5. The number of carbonyl (C=O) groups is 1. The molecular weight excluding hydrogens is 370 g/mol. The van der Waals surface area contributed by atoms with E-state index >= 15 is 0 Å². The van der Waals surface area contributed by atoms with Gasteiger partial charge in [0.05, 0.1) is 25.3 Å². The Labute approximate surface area is 171 Å². The van der Waals surface area contributed by atoms with Gasteiger partial charge in [0, 0.05) is 43.7 Å².